The molecule has 1 aromatic carbocycles. The van der Waals surface area contributed by atoms with Crippen molar-refractivity contribution in [1.82, 2.24) is 19.9 Å². The number of carboxylic acid groups (broad SMARTS) is 1. The zero-order chi connectivity index (χ0) is 24.7. The zero-order valence-electron chi connectivity index (χ0n) is 18.8. The number of aliphatic hydroxyl groups is 2. The molecule has 10 heteroatoms. The van der Waals surface area contributed by atoms with Crippen molar-refractivity contribution >= 4 is 23.9 Å². The summed E-state index contributed by atoms with van der Waals surface area (Å²) < 4.78 is 13.6. The molecule has 0 unspecified atom stereocenters. The fourth-order valence-corrected chi connectivity index (χ4v) is 3.29. The highest BCUT2D eigenvalue weighted by Crippen LogP contribution is 2.31. The van der Waals surface area contributed by atoms with Crippen LogP contribution in [-0.2, 0) is 4.79 Å². The summed E-state index contributed by atoms with van der Waals surface area (Å²) in [7, 11) is 0. The highest BCUT2D eigenvalue weighted by atomic mass is 19.1. The van der Waals surface area contributed by atoms with E-state index in [1.165, 1.54) is 18.2 Å². The fraction of sp³-hybridized carbons (Fsp3) is 0.292. The fourth-order valence-electron chi connectivity index (χ4n) is 3.29. The summed E-state index contributed by atoms with van der Waals surface area (Å²) >= 11 is 0. The molecule has 0 saturated heterocycles. The van der Waals surface area contributed by atoms with E-state index in [1.54, 1.807) is 36.7 Å². The van der Waals surface area contributed by atoms with Crippen LogP contribution in [0.5, 0.6) is 0 Å². The van der Waals surface area contributed by atoms with Gasteiger partial charge in [0.1, 0.15) is 5.82 Å². The van der Waals surface area contributed by atoms with E-state index in [0.717, 1.165) is 0 Å². The molecule has 0 aliphatic heterocycles. The zero-order valence-corrected chi connectivity index (χ0v) is 18.8. The first kappa shape index (κ1) is 24.9. The van der Waals surface area contributed by atoms with Crippen LogP contribution in [0.15, 0.2) is 48.8 Å². The van der Waals surface area contributed by atoms with Crippen molar-refractivity contribution < 1.29 is 24.5 Å². The monoisotopic (exact) mass is 467 g/mol. The number of aliphatic carboxylic acids is 1. The molecule has 2 atom stereocenters. The Labute approximate surface area is 196 Å². The Morgan fingerprint density at radius 3 is 2.38 bits per heavy atom. The Balaban J connectivity index is 2.03. The Hall–Kier alpha value is -3.76. The summed E-state index contributed by atoms with van der Waals surface area (Å²) in [5, 5.41) is 31.9. The van der Waals surface area contributed by atoms with Crippen LogP contribution in [0.3, 0.4) is 0 Å². The Morgan fingerprint density at radius 1 is 1.09 bits per heavy atom. The van der Waals surface area contributed by atoms with Crippen molar-refractivity contribution in [2.45, 2.75) is 44.8 Å². The minimum Gasteiger partial charge on any atom is -0.481 e. The van der Waals surface area contributed by atoms with Gasteiger partial charge in [-0.25, -0.2) is 24.3 Å². The number of rotatable bonds is 10. The molecule has 2 aromatic heterocycles. The first-order valence-electron chi connectivity index (χ1n) is 10.7. The predicted octanol–water partition coefficient (Wildman–Crippen LogP) is 3.54. The lowest BCUT2D eigenvalue weighted by atomic mass is 9.97. The molecule has 2 heterocycles. The second kappa shape index (κ2) is 11.4. The van der Waals surface area contributed by atoms with E-state index < -0.39 is 30.4 Å². The van der Waals surface area contributed by atoms with Gasteiger partial charge < -0.3 is 15.3 Å². The molecular formula is C24H26FN5O4. The molecule has 0 fully saturated rings. The van der Waals surface area contributed by atoms with Gasteiger partial charge in [0.15, 0.2) is 0 Å². The third-order valence-corrected chi connectivity index (χ3v) is 4.84. The molecule has 9 nitrogen and oxygen atoms in total. The first-order valence-corrected chi connectivity index (χ1v) is 10.7. The van der Waals surface area contributed by atoms with Gasteiger partial charge in [0.05, 0.1) is 30.0 Å². The minimum atomic E-state index is -1.19. The number of anilines is 2. The Kier molecular flexibility index (Phi) is 8.34. The Morgan fingerprint density at radius 2 is 1.76 bits per heavy atom. The van der Waals surface area contributed by atoms with Gasteiger partial charge in [-0.15, -0.1) is 0 Å². The summed E-state index contributed by atoms with van der Waals surface area (Å²) in [6.07, 6.45) is 3.36. The average molecular weight is 468 g/mol. The van der Waals surface area contributed by atoms with Crippen molar-refractivity contribution in [3.05, 3.63) is 65.9 Å². The number of aromatic nitrogens is 4. The van der Waals surface area contributed by atoms with E-state index in [-0.39, 0.29) is 18.3 Å². The van der Waals surface area contributed by atoms with Crippen LogP contribution in [0, 0.1) is 5.82 Å². The van der Waals surface area contributed by atoms with Crippen LogP contribution in [0.1, 0.15) is 43.9 Å². The van der Waals surface area contributed by atoms with Gasteiger partial charge in [-0.3, -0.25) is 10.1 Å². The van der Waals surface area contributed by atoms with Crippen molar-refractivity contribution in [2.75, 3.05) is 5.32 Å². The van der Waals surface area contributed by atoms with Gasteiger partial charge >= 0.3 is 5.97 Å². The summed E-state index contributed by atoms with van der Waals surface area (Å²) in [5.41, 5.74) is 2.38. The number of nitrogens with one attached hydrogen (secondary N) is 1. The molecular weight excluding hydrogens is 441 g/mol. The van der Waals surface area contributed by atoms with E-state index in [9.17, 15) is 19.4 Å². The first-order chi connectivity index (χ1) is 16.2. The maximum Gasteiger partial charge on any atom is 0.305 e. The van der Waals surface area contributed by atoms with Gasteiger partial charge in [0.25, 0.3) is 0 Å². The largest absolute Gasteiger partial charge is 0.481 e. The summed E-state index contributed by atoms with van der Waals surface area (Å²) in [6.45, 7) is 3.90. The van der Waals surface area contributed by atoms with Crippen LogP contribution in [0.4, 0.5) is 16.3 Å². The normalized spacial score (nSPS) is 13.2. The second-order valence-electron chi connectivity index (χ2n) is 7.97. The molecule has 4 N–H and O–H groups in total. The molecule has 178 valence electrons. The number of hydrogen-bond acceptors (Lipinski definition) is 8. The average Bonchev–Trinajstić information content (AvgIpc) is 2.78. The number of benzene rings is 1. The van der Waals surface area contributed by atoms with Gasteiger partial charge in [-0.2, -0.15) is 0 Å². The minimum absolute atomic E-state index is 0.0474. The van der Waals surface area contributed by atoms with Crippen LogP contribution in [0.2, 0.25) is 0 Å². The lowest BCUT2D eigenvalue weighted by Crippen LogP contribution is -2.19. The third-order valence-electron chi connectivity index (χ3n) is 4.84. The van der Waals surface area contributed by atoms with Crippen LogP contribution < -0.4 is 5.32 Å². The SMILES string of the molecule is CC(C)c1nc(Nc2ncccn2)nc(-c2ccc(F)cc2)c1C=C[C@@H](O)C[C@@H](O)CC(=O)O. The third kappa shape index (κ3) is 6.87. The molecule has 0 aliphatic rings. The number of carbonyl (C=O) groups is 1. The number of hydrogen-bond donors (Lipinski definition) is 4. The smallest absolute Gasteiger partial charge is 0.305 e. The van der Waals surface area contributed by atoms with E-state index in [1.807, 2.05) is 13.8 Å². The number of nitrogens with zero attached hydrogens (tertiary/aromatic N) is 4. The lowest BCUT2D eigenvalue weighted by Gasteiger charge is -2.17. The molecule has 0 bridgehead atoms. The summed E-state index contributed by atoms with van der Waals surface area (Å²) in [5.74, 6) is -1.02. The molecule has 3 rings (SSSR count). The molecule has 0 radical (unpaired) electrons. The van der Waals surface area contributed by atoms with E-state index in [4.69, 9.17) is 5.11 Å². The van der Waals surface area contributed by atoms with E-state index in [2.05, 4.69) is 25.3 Å². The molecule has 0 saturated carbocycles. The van der Waals surface area contributed by atoms with Gasteiger partial charge in [-0.1, -0.05) is 26.0 Å². The molecule has 0 spiro atoms. The maximum absolute atomic E-state index is 13.6. The molecule has 0 amide bonds. The standard InChI is InChI=1S/C24H26FN5O4/c1-14(2)21-19(9-8-17(31)12-18(32)13-20(33)34)22(15-4-6-16(25)7-5-15)29-24(28-21)30-23-26-10-3-11-27-23/h3-11,14,17-18,31-32H,12-13H2,1-2H3,(H,33,34)(H,26,27,28,29,30)/t17-,18-/m1/s1. The van der Waals surface area contributed by atoms with E-state index >= 15 is 0 Å². The van der Waals surface area contributed by atoms with Gasteiger partial charge in [-0.05, 0) is 36.2 Å². The van der Waals surface area contributed by atoms with Crippen molar-refractivity contribution in [3.8, 4) is 11.3 Å². The summed E-state index contributed by atoms with van der Waals surface area (Å²) in [4.78, 5) is 28.2. The van der Waals surface area contributed by atoms with Gasteiger partial charge in [0.2, 0.25) is 11.9 Å². The molecule has 34 heavy (non-hydrogen) atoms. The van der Waals surface area contributed by atoms with Crippen molar-refractivity contribution in [1.29, 1.82) is 0 Å². The van der Waals surface area contributed by atoms with E-state index in [0.29, 0.717) is 28.5 Å². The number of aliphatic hydroxyl groups excluding tert-OH is 2. The van der Waals surface area contributed by atoms with Crippen LogP contribution >= 0.6 is 0 Å². The quantitative estimate of drug-likeness (QED) is 0.352. The number of halogens is 1. The predicted molar refractivity (Wildman–Crippen MR) is 125 cm³/mol. The maximum atomic E-state index is 13.6. The topological polar surface area (TPSA) is 141 Å². The van der Waals surface area contributed by atoms with Crippen molar-refractivity contribution in [2.24, 2.45) is 0 Å². The molecule has 0 aliphatic carbocycles. The Bertz CT molecular complexity index is 1140. The van der Waals surface area contributed by atoms with Crippen LogP contribution in [0.25, 0.3) is 17.3 Å². The highest BCUT2D eigenvalue weighted by Gasteiger charge is 2.19. The highest BCUT2D eigenvalue weighted by molar-refractivity contribution is 5.75. The molecule has 3 aromatic rings. The lowest BCUT2D eigenvalue weighted by molar-refractivity contribution is -0.139. The van der Waals surface area contributed by atoms with Crippen molar-refractivity contribution in [3.63, 3.8) is 0 Å². The van der Waals surface area contributed by atoms with Crippen LogP contribution in [-0.4, -0.2) is 53.4 Å². The number of carboxylic acids is 1. The summed E-state index contributed by atoms with van der Waals surface area (Å²) in [6, 6.07) is 7.51. The van der Waals surface area contributed by atoms with Gasteiger partial charge in [0, 0.05) is 29.9 Å². The second-order valence-corrected chi connectivity index (χ2v) is 7.97.